The van der Waals surface area contributed by atoms with Gasteiger partial charge in [-0.05, 0) is 49.4 Å². The third-order valence-electron chi connectivity index (χ3n) is 17.0. The minimum Gasteiger partial charge on any atom is -0.462 e. The summed E-state index contributed by atoms with van der Waals surface area (Å²) >= 11 is 0. The number of phosphoric ester groups is 2. The van der Waals surface area contributed by atoms with Crippen molar-refractivity contribution in [3.05, 3.63) is 0 Å². The van der Waals surface area contributed by atoms with Gasteiger partial charge in [0.1, 0.15) is 19.3 Å². The maximum Gasteiger partial charge on any atom is 0.472 e. The molecule has 0 saturated heterocycles. The van der Waals surface area contributed by atoms with E-state index in [9.17, 15) is 43.2 Å². The zero-order valence-corrected chi connectivity index (χ0v) is 60.6. The van der Waals surface area contributed by atoms with Crippen molar-refractivity contribution in [2.75, 3.05) is 39.6 Å². The van der Waals surface area contributed by atoms with Crippen molar-refractivity contribution in [1.82, 2.24) is 0 Å². The summed E-state index contributed by atoms with van der Waals surface area (Å²) in [5, 5.41) is 10.6. The second-order valence-electron chi connectivity index (χ2n) is 27.1. The maximum absolute atomic E-state index is 13.0. The molecule has 7 atom stereocenters. The van der Waals surface area contributed by atoms with Crippen LogP contribution in [0.1, 0.15) is 351 Å². The molecule has 0 amide bonds. The van der Waals surface area contributed by atoms with Gasteiger partial charge in [0.15, 0.2) is 12.2 Å². The van der Waals surface area contributed by atoms with Gasteiger partial charge in [0.2, 0.25) is 0 Å². The molecule has 17 nitrogen and oxygen atoms in total. The number of aliphatic hydroxyl groups is 1. The average molecular weight is 1330 g/mol. The lowest BCUT2D eigenvalue weighted by Crippen LogP contribution is -2.30. The molecule has 0 heterocycles. The van der Waals surface area contributed by atoms with E-state index in [2.05, 4.69) is 55.4 Å². The van der Waals surface area contributed by atoms with Gasteiger partial charge < -0.3 is 33.8 Å². The van der Waals surface area contributed by atoms with Crippen LogP contribution >= 0.6 is 15.6 Å². The molecule has 0 saturated carbocycles. The van der Waals surface area contributed by atoms with Gasteiger partial charge in [0.25, 0.3) is 0 Å². The topological polar surface area (TPSA) is 237 Å². The Kier molecular flexibility index (Phi) is 59.4. The van der Waals surface area contributed by atoms with Gasteiger partial charge in [-0.25, -0.2) is 9.13 Å². The van der Waals surface area contributed by atoms with E-state index in [-0.39, 0.29) is 25.7 Å². The molecule has 0 rings (SSSR count). The van der Waals surface area contributed by atoms with Gasteiger partial charge in [0.05, 0.1) is 26.4 Å². The predicted molar refractivity (Wildman–Crippen MR) is 363 cm³/mol. The minimum atomic E-state index is -4.95. The first-order valence-electron chi connectivity index (χ1n) is 36.8. The molecule has 3 N–H and O–H groups in total. The van der Waals surface area contributed by atoms with Crippen LogP contribution in [0.15, 0.2) is 0 Å². The summed E-state index contributed by atoms with van der Waals surface area (Å²) in [6.07, 6.45) is 43.2. The number of unbranched alkanes of at least 4 members (excludes halogenated alkanes) is 32. The molecule has 0 aliphatic rings. The highest BCUT2D eigenvalue weighted by Gasteiger charge is 2.30. The molecular weight excluding hydrogens is 1190 g/mol. The number of hydrogen-bond donors (Lipinski definition) is 3. The fourth-order valence-corrected chi connectivity index (χ4v) is 12.2. The number of phosphoric acid groups is 2. The lowest BCUT2D eigenvalue weighted by Gasteiger charge is -2.21. The smallest absolute Gasteiger partial charge is 0.462 e. The first-order valence-corrected chi connectivity index (χ1v) is 39.8. The molecule has 0 fully saturated rings. The second-order valence-corrected chi connectivity index (χ2v) is 30.0. The summed E-state index contributed by atoms with van der Waals surface area (Å²) in [5.74, 6) is 0.882. The molecule has 5 unspecified atom stereocenters. The van der Waals surface area contributed by atoms with E-state index in [0.29, 0.717) is 25.7 Å². The molecule has 0 aliphatic heterocycles. The summed E-state index contributed by atoms with van der Waals surface area (Å²) in [6, 6.07) is 0. The van der Waals surface area contributed by atoms with Crippen LogP contribution in [0, 0.1) is 23.7 Å². The average Bonchev–Trinajstić information content (AvgIpc) is 3.42. The number of aliphatic hydroxyl groups excluding tert-OH is 1. The zero-order chi connectivity index (χ0) is 66.8. The summed E-state index contributed by atoms with van der Waals surface area (Å²) in [5.41, 5.74) is 0. The van der Waals surface area contributed by atoms with E-state index >= 15 is 0 Å². The summed E-state index contributed by atoms with van der Waals surface area (Å²) in [6.45, 7) is 14.1. The highest BCUT2D eigenvalue weighted by atomic mass is 31.2. The van der Waals surface area contributed by atoms with E-state index in [0.717, 1.165) is 114 Å². The standard InChI is InChI=1S/C71H138O17P2/c1-9-63(7)49-41-33-25-17-15-13-11-12-14-16-18-26-35-43-51-68(73)81-57-66(87-70(75)53-45-37-28-22-20-24-32-40-48-62(5)6)59-85-89(77,78)83-55-65(72)56-84-90(79,80)86-60-67(88-71(76)54-46-38-30-29-34-42-50-64(8)10-2)58-82-69(74)52-44-36-27-21-19-23-31-39-47-61(3)4/h61-67,72H,9-60H2,1-8H3,(H,77,78)(H,79,80)/t63?,64?,65?,66-,67-/m1/s1. The van der Waals surface area contributed by atoms with Crippen molar-refractivity contribution in [1.29, 1.82) is 0 Å². The Morgan fingerprint density at radius 3 is 0.789 bits per heavy atom. The number of carbonyl (C=O) groups is 4. The van der Waals surface area contributed by atoms with E-state index in [1.165, 1.54) is 154 Å². The largest absolute Gasteiger partial charge is 0.472 e. The van der Waals surface area contributed by atoms with Crippen molar-refractivity contribution in [2.24, 2.45) is 23.7 Å². The van der Waals surface area contributed by atoms with Crippen LogP contribution < -0.4 is 0 Å². The first-order chi connectivity index (χ1) is 43.2. The van der Waals surface area contributed by atoms with Crippen molar-refractivity contribution in [3.8, 4) is 0 Å². The molecule has 534 valence electrons. The molecule has 0 spiro atoms. The highest BCUT2D eigenvalue weighted by Crippen LogP contribution is 2.45. The minimum absolute atomic E-state index is 0.102. The second kappa shape index (κ2) is 60.7. The van der Waals surface area contributed by atoms with Crippen LogP contribution in [0.4, 0.5) is 0 Å². The maximum atomic E-state index is 13.0. The number of ether oxygens (including phenoxy) is 4. The van der Waals surface area contributed by atoms with Gasteiger partial charge in [-0.1, -0.05) is 299 Å². The quantitative estimate of drug-likeness (QED) is 0.0222. The summed E-state index contributed by atoms with van der Waals surface area (Å²) in [4.78, 5) is 72.5. The van der Waals surface area contributed by atoms with Crippen LogP contribution in [0.3, 0.4) is 0 Å². The monoisotopic (exact) mass is 1320 g/mol. The molecule has 0 radical (unpaired) electrons. The van der Waals surface area contributed by atoms with E-state index < -0.39 is 97.5 Å². The van der Waals surface area contributed by atoms with Gasteiger partial charge in [-0.15, -0.1) is 0 Å². The van der Waals surface area contributed by atoms with E-state index in [4.69, 9.17) is 37.0 Å². The van der Waals surface area contributed by atoms with Crippen molar-refractivity contribution >= 4 is 39.5 Å². The number of rotatable bonds is 68. The lowest BCUT2D eigenvalue weighted by atomic mass is 9.99. The predicted octanol–water partition coefficient (Wildman–Crippen LogP) is 20.1. The Morgan fingerprint density at radius 1 is 0.311 bits per heavy atom. The SMILES string of the molecule is CCC(C)CCCCCCCCCCCCCCCCC(=O)OC[C@H](COP(=O)(O)OCC(O)COP(=O)(O)OC[C@@H](COC(=O)CCCCCCCCCCC(C)C)OC(=O)CCCCCCCCC(C)CC)OC(=O)CCCCCCCCCCC(C)C. The van der Waals surface area contributed by atoms with Crippen LogP contribution in [0.5, 0.6) is 0 Å². The fourth-order valence-electron chi connectivity index (χ4n) is 10.6. The Balaban J connectivity index is 5.21. The Morgan fingerprint density at radius 2 is 0.533 bits per heavy atom. The Hall–Kier alpha value is -1.94. The third-order valence-corrected chi connectivity index (χ3v) is 18.9. The third kappa shape index (κ3) is 62.2. The van der Waals surface area contributed by atoms with Crippen LogP contribution in [0.25, 0.3) is 0 Å². The molecule has 0 aliphatic carbocycles. The van der Waals surface area contributed by atoms with Crippen LogP contribution in [0.2, 0.25) is 0 Å². The lowest BCUT2D eigenvalue weighted by molar-refractivity contribution is -0.161. The van der Waals surface area contributed by atoms with Crippen molar-refractivity contribution in [2.45, 2.75) is 369 Å². The number of carbonyl (C=O) groups excluding carboxylic acids is 4. The van der Waals surface area contributed by atoms with Crippen molar-refractivity contribution in [3.63, 3.8) is 0 Å². The van der Waals surface area contributed by atoms with Crippen LogP contribution in [-0.2, 0) is 65.4 Å². The fraction of sp³-hybridized carbons (Fsp3) is 0.944. The molecule has 0 aromatic rings. The number of hydrogen-bond acceptors (Lipinski definition) is 15. The molecule has 0 aromatic carbocycles. The molecule has 19 heteroatoms. The van der Waals surface area contributed by atoms with Crippen molar-refractivity contribution < 1.29 is 80.2 Å². The van der Waals surface area contributed by atoms with Gasteiger partial charge in [0, 0.05) is 25.7 Å². The Bertz CT molecular complexity index is 1790. The van der Waals surface area contributed by atoms with Gasteiger partial charge in [-0.2, -0.15) is 0 Å². The normalized spacial score (nSPS) is 14.9. The highest BCUT2D eigenvalue weighted by molar-refractivity contribution is 7.47. The summed E-state index contributed by atoms with van der Waals surface area (Å²) in [7, 11) is -9.90. The van der Waals surface area contributed by atoms with Crippen LogP contribution in [-0.4, -0.2) is 96.7 Å². The molecule has 0 aromatic heterocycles. The molecular formula is C71H138O17P2. The molecule has 0 bridgehead atoms. The van der Waals surface area contributed by atoms with Gasteiger partial charge in [-0.3, -0.25) is 37.3 Å². The zero-order valence-electron chi connectivity index (χ0n) is 58.8. The van der Waals surface area contributed by atoms with Gasteiger partial charge >= 0.3 is 39.5 Å². The summed E-state index contributed by atoms with van der Waals surface area (Å²) < 4.78 is 68.3. The first kappa shape index (κ1) is 88.1. The molecule has 90 heavy (non-hydrogen) atoms. The van der Waals surface area contributed by atoms with E-state index in [1.807, 2.05) is 0 Å². The van der Waals surface area contributed by atoms with E-state index in [1.54, 1.807) is 0 Å². The number of esters is 4. The Labute approximate surface area is 549 Å².